The number of amides is 1. The normalized spacial score (nSPS) is 10.6. The van der Waals surface area contributed by atoms with Gasteiger partial charge in [0.15, 0.2) is 0 Å². The van der Waals surface area contributed by atoms with Crippen molar-refractivity contribution in [2.75, 3.05) is 0 Å². The van der Waals surface area contributed by atoms with Crippen molar-refractivity contribution in [1.29, 1.82) is 0 Å². The Morgan fingerprint density at radius 3 is 2.54 bits per heavy atom. The first-order valence-corrected chi connectivity index (χ1v) is 8.73. The molecule has 0 aliphatic heterocycles. The highest BCUT2D eigenvalue weighted by atomic mass is 16.1. The first kappa shape index (κ1) is 17.7. The number of rotatable bonds is 2. The fraction of sp³-hybridized carbons (Fsp3) is 0.182. The molecule has 0 bridgehead atoms. The quantitative estimate of drug-likeness (QED) is 0.583. The van der Waals surface area contributed by atoms with Crippen molar-refractivity contribution in [3.05, 3.63) is 83.3 Å². The van der Waals surface area contributed by atoms with Gasteiger partial charge in [-0.1, -0.05) is 49.4 Å². The Morgan fingerprint density at radius 1 is 1.08 bits per heavy atom. The summed E-state index contributed by atoms with van der Waals surface area (Å²) in [7, 11) is 0. The van der Waals surface area contributed by atoms with E-state index in [9.17, 15) is 4.79 Å². The summed E-state index contributed by atoms with van der Waals surface area (Å²) in [6.45, 7) is 6.05. The van der Waals surface area contributed by atoms with Crippen LogP contribution in [-0.4, -0.2) is 15.3 Å². The Labute approximate surface area is 153 Å². The highest BCUT2D eigenvalue weighted by molar-refractivity contribution is 5.99. The number of nitrogens with two attached hydrogens (primary N) is 1. The zero-order chi connectivity index (χ0) is 18.7. The number of fused-ring (bicyclic) bond motifs is 2. The van der Waals surface area contributed by atoms with Gasteiger partial charge in [-0.3, -0.25) is 4.79 Å². The molecule has 2 aromatic heterocycles. The van der Waals surface area contributed by atoms with E-state index in [1.807, 2.05) is 24.3 Å². The molecule has 4 nitrogen and oxygen atoms in total. The van der Waals surface area contributed by atoms with Gasteiger partial charge in [0.05, 0.1) is 5.56 Å². The Kier molecular flexibility index (Phi) is 5.03. The highest BCUT2D eigenvalue weighted by Gasteiger charge is 2.10. The van der Waals surface area contributed by atoms with Crippen molar-refractivity contribution < 1.29 is 4.79 Å². The van der Waals surface area contributed by atoms with E-state index in [2.05, 4.69) is 54.4 Å². The summed E-state index contributed by atoms with van der Waals surface area (Å²) in [6.07, 6.45) is 2.92. The summed E-state index contributed by atoms with van der Waals surface area (Å²) in [5.41, 5.74) is 9.70. The van der Waals surface area contributed by atoms with E-state index in [4.69, 9.17) is 5.73 Å². The fourth-order valence-corrected chi connectivity index (χ4v) is 3.19. The molecule has 0 saturated heterocycles. The lowest BCUT2D eigenvalue weighted by Crippen LogP contribution is -2.11. The number of hydrogen-bond acceptors (Lipinski definition) is 2. The SMILES string of the molecule is CCc1cccc2ccccc12.Cc1cc(C)n2ccc(C(N)=O)c2n1. The van der Waals surface area contributed by atoms with E-state index in [0.29, 0.717) is 11.2 Å². The maximum Gasteiger partial charge on any atom is 0.252 e. The molecule has 1 amide bonds. The fourth-order valence-electron chi connectivity index (χ4n) is 3.19. The maximum absolute atomic E-state index is 11.1. The molecule has 0 fully saturated rings. The Balaban J connectivity index is 0.000000152. The van der Waals surface area contributed by atoms with Crippen LogP contribution in [0, 0.1) is 13.8 Å². The van der Waals surface area contributed by atoms with Gasteiger partial charge >= 0.3 is 0 Å². The summed E-state index contributed by atoms with van der Waals surface area (Å²) in [5.74, 6) is -0.440. The van der Waals surface area contributed by atoms with E-state index < -0.39 is 5.91 Å². The molecule has 0 aliphatic rings. The number of benzene rings is 2. The lowest BCUT2D eigenvalue weighted by atomic mass is 10.0. The largest absolute Gasteiger partial charge is 0.365 e. The number of carbonyl (C=O) groups is 1. The predicted octanol–water partition coefficient (Wildman–Crippen LogP) is 4.45. The lowest BCUT2D eigenvalue weighted by molar-refractivity contribution is 0.100. The molecule has 4 aromatic rings. The Hall–Kier alpha value is -3.14. The van der Waals surface area contributed by atoms with Crippen molar-refractivity contribution in [3.8, 4) is 0 Å². The van der Waals surface area contributed by atoms with Crippen molar-refractivity contribution in [2.24, 2.45) is 5.73 Å². The van der Waals surface area contributed by atoms with Crippen LogP contribution in [0.15, 0.2) is 60.8 Å². The number of primary amides is 1. The highest BCUT2D eigenvalue weighted by Crippen LogP contribution is 2.18. The molecule has 0 saturated carbocycles. The van der Waals surface area contributed by atoms with Gasteiger partial charge in [-0.15, -0.1) is 0 Å². The van der Waals surface area contributed by atoms with E-state index in [1.54, 1.807) is 12.3 Å². The number of carbonyl (C=O) groups excluding carboxylic acids is 1. The second-order valence-corrected chi connectivity index (χ2v) is 6.32. The summed E-state index contributed by atoms with van der Waals surface area (Å²) in [5, 5.41) is 2.74. The maximum atomic E-state index is 11.1. The van der Waals surface area contributed by atoms with Crippen molar-refractivity contribution in [2.45, 2.75) is 27.2 Å². The molecule has 4 rings (SSSR count). The molecular weight excluding hydrogens is 322 g/mol. The minimum atomic E-state index is -0.440. The summed E-state index contributed by atoms with van der Waals surface area (Å²) >= 11 is 0. The first-order valence-electron chi connectivity index (χ1n) is 8.73. The van der Waals surface area contributed by atoms with Gasteiger partial charge in [0.2, 0.25) is 0 Å². The summed E-state index contributed by atoms with van der Waals surface area (Å²) < 4.78 is 1.85. The number of aryl methyl sites for hydroxylation is 3. The van der Waals surface area contributed by atoms with Crippen LogP contribution in [0.3, 0.4) is 0 Å². The first-order chi connectivity index (χ1) is 12.5. The van der Waals surface area contributed by atoms with Crippen LogP contribution in [0.25, 0.3) is 16.4 Å². The van der Waals surface area contributed by atoms with Crippen LogP contribution < -0.4 is 5.73 Å². The molecule has 2 aromatic carbocycles. The summed E-state index contributed by atoms with van der Waals surface area (Å²) in [4.78, 5) is 15.3. The standard InChI is InChI=1S/C12H12.C10H11N3O/c1-2-10-7-5-8-11-6-3-4-9-12(10)11;1-6-5-7(2)13-4-3-8(9(11)14)10(13)12-6/h3-9H,2H2,1H3;3-5H,1-2H3,(H2,11,14). The van der Waals surface area contributed by atoms with Crippen LogP contribution in [0.2, 0.25) is 0 Å². The minimum absolute atomic E-state index is 0.440. The molecule has 132 valence electrons. The zero-order valence-corrected chi connectivity index (χ0v) is 15.4. The molecule has 2 heterocycles. The van der Waals surface area contributed by atoms with Crippen molar-refractivity contribution in [3.63, 3.8) is 0 Å². The second kappa shape index (κ2) is 7.40. The van der Waals surface area contributed by atoms with Gasteiger partial charge in [-0.2, -0.15) is 0 Å². The third kappa shape index (κ3) is 3.45. The lowest BCUT2D eigenvalue weighted by Gasteiger charge is -2.02. The monoisotopic (exact) mass is 345 g/mol. The van der Waals surface area contributed by atoms with E-state index in [1.165, 1.54) is 16.3 Å². The molecule has 0 atom stereocenters. The van der Waals surface area contributed by atoms with Crippen molar-refractivity contribution >= 4 is 22.3 Å². The zero-order valence-electron chi connectivity index (χ0n) is 15.4. The van der Waals surface area contributed by atoms with Gasteiger partial charge in [0.25, 0.3) is 5.91 Å². The van der Waals surface area contributed by atoms with E-state index in [0.717, 1.165) is 17.8 Å². The van der Waals surface area contributed by atoms with Crippen molar-refractivity contribution in [1.82, 2.24) is 9.38 Å². The number of nitrogens with zero attached hydrogens (tertiary/aromatic N) is 2. The summed E-state index contributed by atoms with van der Waals surface area (Å²) in [6, 6.07) is 18.7. The third-order valence-electron chi connectivity index (χ3n) is 4.47. The molecule has 4 heteroatoms. The average Bonchev–Trinajstić information content (AvgIpc) is 3.06. The van der Waals surface area contributed by atoms with Gasteiger partial charge in [-0.25, -0.2) is 4.98 Å². The Morgan fingerprint density at radius 2 is 1.81 bits per heavy atom. The molecule has 26 heavy (non-hydrogen) atoms. The van der Waals surface area contributed by atoms with Crippen LogP contribution in [0.5, 0.6) is 0 Å². The third-order valence-corrected chi connectivity index (χ3v) is 4.47. The van der Waals surface area contributed by atoms with E-state index >= 15 is 0 Å². The predicted molar refractivity (Wildman–Crippen MR) is 107 cm³/mol. The van der Waals surface area contributed by atoms with E-state index in [-0.39, 0.29) is 0 Å². The van der Waals surface area contributed by atoms with Gasteiger partial charge in [0, 0.05) is 17.6 Å². The van der Waals surface area contributed by atoms with Crippen LogP contribution >= 0.6 is 0 Å². The van der Waals surface area contributed by atoms with Crippen LogP contribution in [0.1, 0.15) is 34.2 Å². The topological polar surface area (TPSA) is 60.4 Å². The van der Waals surface area contributed by atoms with Crippen LogP contribution in [-0.2, 0) is 6.42 Å². The Bertz CT molecular complexity index is 1070. The molecule has 2 N–H and O–H groups in total. The average molecular weight is 345 g/mol. The van der Waals surface area contributed by atoms with Gasteiger partial charge in [-0.05, 0) is 48.7 Å². The second-order valence-electron chi connectivity index (χ2n) is 6.32. The molecule has 0 spiro atoms. The van der Waals surface area contributed by atoms with Crippen LogP contribution in [0.4, 0.5) is 0 Å². The minimum Gasteiger partial charge on any atom is -0.365 e. The van der Waals surface area contributed by atoms with Gasteiger partial charge in [0.1, 0.15) is 5.65 Å². The molecule has 0 radical (unpaired) electrons. The molecule has 0 aliphatic carbocycles. The smallest absolute Gasteiger partial charge is 0.252 e. The molecular formula is C22H23N3O. The molecule has 0 unspecified atom stereocenters. The van der Waals surface area contributed by atoms with Gasteiger partial charge < -0.3 is 10.1 Å². The number of aromatic nitrogens is 2. The number of hydrogen-bond donors (Lipinski definition) is 1.